The molecule has 89 valence electrons. The predicted molar refractivity (Wildman–Crippen MR) is 56.0 cm³/mol. The van der Waals surface area contributed by atoms with Crippen LogP contribution in [0.2, 0.25) is 0 Å². The van der Waals surface area contributed by atoms with Crippen LogP contribution in [0.15, 0.2) is 41.3 Å². The second-order valence-electron chi connectivity index (χ2n) is 3.36. The molecule has 0 aliphatic carbocycles. The maximum atomic E-state index is 12.4. The first-order valence-corrected chi connectivity index (χ1v) is 6.02. The number of fused-ring (bicyclic) bond motifs is 1. The highest BCUT2D eigenvalue weighted by atomic mass is 32.2. The molecule has 0 aliphatic rings. The molecule has 0 fully saturated rings. The Morgan fingerprint density at radius 2 is 1.71 bits per heavy atom. The molecule has 0 aliphatic heterocycles. The molecule has 0 atom stereocenters. The monoisotopic (exact) mass is 259 g/mol. The van der Waals surface area contributed by atoms with E-state index in [0.29, 0.717) is 5.39 Å². The van der Waals surface area contributed by atoms with Crippen LogP contribution in [-0.4, -0.2) is 13.9 Å². The van der Waals surface area contributed by atoms with E-state index >= 15 is 0 Å². The first-order valence-electron chi connectivity index (χ1n) is 4.54. The summed E-state index contributed by atoms with van der Waals surface area (Å²) in [5, 5.41) is 0.446. The number of alkyl halides is 3. The minimum Gasteiger partial charge on any atom is -0.214 e. The molecule has 2 nitrogen and oxygen atoms in total. The first-order chi connectivity index (χ1) is 7.84. The third-order valence-corrected chi connectivity index (χ3v) is 3.80. The summed E-state index contributed by atoms with van der Waals surface area (Å²) in [5.41, 5.74) is -5.30. The Hall–Kier alpha value is -1.56. The highest BCUT2D eigenvalue weighted by Crippen LogP contribution is 2.33. The third kappa shape index (κ3) is 1.88. The Labute approximate surface area is 95.6 Å². The molecule has 0 N–H and O–H groups in total. The van der Waals surface area contributed by atoms with Crippen LogP contribution in [0.5, 0.6) is 0 Å². The van der Waals surface area contributed by atoms with Crippen LogP contribution >= 0.6 is 0 Å². The normalized spacial score (nSPS) is 12.9. The highest BCUT2D eigenvalue weighted by molar-refractivity contribution is 7.92. The van der Waals surface area contributed by atoms with Crippen molar-refractivity contribution in [3.05, 3.63) is 42.5 Å². The van der Waals surface area contributed by atoms with Crippen LogP contribution < -0.4 is 0 Å². The van der Waals surface area contributed by atoms with E-state index in [-0.39, 0.29) is 5.39 Å². The van der Waals surface area contributed by atoms with Crippen molar-refractivity contribution in [3.8, 4) is 0 Å². The maximum Gasteiger partial charge on any atom is 0.501 e. The van der Waals surface area contributed by atoms with Crippen molar-refractivity contribution in [1.29, 1.82) is 0 Å². The lowest BCUT2D eigenvalue weighted by Gasteiger charge is -2.10. The molecule has 0 amide bonds. The summed E-state index contributed by atoms with van der Waals surface area (Å²) < 4.78 is 60.0. The van der Waals surface area contributed by atoms with Gasteiger partial charge >= 0.3 is 5.51 Å². The number of halogens is 3. The van der Waals surface area contributed by atoms with Crippen molar-refractivity contribution < 1.29 is 21.6 Å². The quantitative estimate of drug-likeness (QED) is 0.789. The summed E-state index contributed by atoms with van der Waals surface area (Å²) in [6.07, 6.45) is 0. The molecule has 2 aromatic rings. The van der Waals surface area contributed by atoms with Crippen LogP contribution in [0, 0.1) is 6.07 Å². The Morgan fingerprint density at radius 1 is 1.06 bits per heavy atom. The summed E-state index contributed by atoms with van der Waals surface area (Å²) >= 11 is 0. The first kappa shape index (κ1) is 11.9. The van der Waals surface area contributed by atoms with E-state index < -0.39 is 20.2 Å². The van der Waals surface area contributed by atoms with Gasteiger partial charge in [0.1, 0.15) is 0 Å². The fourth-order valence-corrected chi connectivity index (χ4v) is 2.43. The Kier molecular flexibility index (Phi) is 2.61. The van der Waals surface area contributed by atoms with Crippen LogP contribution in [0.3, 0.4) is 0 Å². The van der Waals surface area contributed by atoms with Crippen molar-refractivity contribution in [3.63, 3.8) is 0 Å². The Morgan fingerprint density at radius 3 is 2.35 bits per heavy atom. The standard InChI is InChI=1S/C11H6F3O2S/c12-11(13,14)17(15,16)10-7-3-5-8-4-1-2-6-9(8)10/h1-2,4-7H. The predicted octanol–water partition coefficient (Wildman–Crippen LogP) is 2.93. The fourth-order valence-electron chi connectivity index (χ4n) is 1.48. The summed E-state index contributed by atoms with van der Waals surface area (Å²) in [4.78, 5) is -0.761. The van der Waals surface area contributed by atoms with Gasteiger partial charge in [-0.2, -0.15) is 13.2 Å². The van der Waals surface area contributed by atoms with Crippen molar-refractivity contribution in [1.82, 2.24) is 0 Å². The topological polar surface area (TPSA) is 34.1 Å². The molecular formula is C11H6F3O2S. The Balaban J connectivity index is 2.82. The molecule has 6 heteroatoms. The lowest BCUT2D eigenvalue weighted by Crippen LogP contribution is -2.23. The summed E-state index contributed by atoms with van der Waals surface area (Å²) in [5.74, 6) is 0. The molecule has 0 spiro atoms. The zero-order valence-corrected chi connectivity index (χ0v) is 9.14. The molecule has 0 bridgehead atoms. The van der Waals surface area contributed by atoms with Crippen molar-refractivity contribution in [2.24, 2.45) is 0 Å². The van der Waals surface area contributed by atoms with Crippen LogP contribution in [0.25, 0.3) is 10.8 Å². The second-order valence-corrected chi connectivity index (χ2v) is 5.27. The summed E-state index contributed by atoms with van der Waals surface area (Å²) in [7, 11) is -5.33. The second kappa shape index (κ2) is 3.73. The maximum absolute atomic E-state index is 12.4. The number of benzene rings is 2. The van der Waals surface area contributed by atoms with Gasteiger partial charge in [0.25, 0.3) is 9.84 Å². The van der Waals surface area contributed by atoms with Gasteiger partial charge in [0, 0.05) is 5.39 Å². The van der Waals surface area contributed by atoms with Gasteiger partial charge in [-0.3, -0.25) is 0 Å². The number of rotatable bonds is 1. The largest absolute Gasteiger partial charge is 0.501 e. The lowest BCUT2D eigenvalue weighted by atomic mass is 10.1. The lowest BCUT2D eigenvalue weighted by molar-refractivity contribution is -0.0435. The third-order valence-electron chi connectivity index (χ3n) is 2.27. The molecule has 17 heavy (non-hydrogen) atoms. The van der Waals surface area contributed by atoms with E-state index in [2.05, 4.69) is 6.07 Å². The van der Waals surface area contributed by atoms with Gasteiger partial charge in [0.05, 0.1) is 4.90 Å². The molecule has 2 aromatic carbocycles. The SMILES string of the molecule is O=S(=O)(c1c[c]cc2ccccc12)C(F)(F)F. The molecule has 1 radical (unpaired) electrons. The van der Waals surface area contributed by atoms with E-state index in [1.807, 2.05) is 0 Å². The average Bonchev–Trinajstić information content (AvgIpc) is 2.26. The van der Waals surface area contributed by atoms with Gasteiger partial charge in [-0.25, -0.2) is 8.42 Å². The van der Waals surface area contributed by atoms with E-state index in [0.717, 1.165) is 6.07 Å². The zero-order chi connectivity index (χ0) is 12.7. The molecule has 0 unspecified atom stereocenters. The molecule has 0 saturated heterocycles. The van der Waals surface area contributed by atoms with Gasteiger partial charge in [-0.05, 0) is 23.6 Å². The van der Waals surface area contributed by atoms with Crippen molar-refractivity contribution in [2.45, 2.75) is 10.4 Å². The van der Waals surface area contributed by atoms with E-state index in [1.54, 1.807) is 6.07 Å². The summed E-state index contributed by atoms with van der Waals surface area (Å²) in [6.45, 7) is 0. The van der Waals surface area contributed by atoms with Gasteiger partial charge in [0.15, 0.2) is 0 Å². The smallest absolute Gasteiger partial charge is 0.214 e. The number of hydrogen-bond acceptors (Lipinski definition) is 2. The summed E-state index contributed by atoms with van der Waals surface area (Å²) in [6, 6.07) is 10.6. The Bertz CT molecular complexity index is 654. The van der Waals surface area contributed by atoms with Gasteiger partial charge in [0.2, 0.25) is 0 Å². The van der Waals surface area contributed by atoms with Crippen molar-refractivity contribution >= 4 is 20.6 Å². The van der Waals surface area contributed by atoms with E-state index in [1.165, 1.54) is 24.3 Å². The molecule has 0 aromatic heterocycles. The molecule has 0 heterocycles. The zero-order valence-electron chi connectivity index (χ0n) is 8.32. The van der Waals surface area contributed by atoms with Gasteiger partial charge in [-0.1, -0.05) is 24.3 Å². The fraction of sp³-hybridized carbons (Fsp3) is 0.0909. The van der Waals surface area contributed by atoms with Crippen LogP contribution in [0.4, 0.5) is 13.2 Å². The van der Waals surface area contributed by atoms with E-state index in [9.17, 15) is 21.6 Å². The minimum absolute atomic E-state index is 0.0450. The van der Waals surface area contributed by atoms with Crippen molar-refractivity contribution in [2.75, 3.05) is 0 Å². The number of sulfone groups is 1. The minimum atomic E-state index is -5.33. The molecular weight excluding hydrogens is 253 g/mol. The molecule has 0 saturated carbocycles. The number of hydrogen-bond donors (Lipinski definition) is 0. The van der Waals surface area contributed by atoms with Gasteiger partial charge < -0.3 is 0 Å². The highest BCUT2D eigenvalue weighted by Gasteiger charge is 2.47. The van der Waals surface area contributed by atoms with Crippen LogP contribution in [-0.2, 0) is 9.84 Å². The van der Waals surface area contributed by atoms with Crippen LogP contribution in [0.1, 0.15) is 0 Å². The average molecular weight is 259 g/mol. The van der Waals surface area contributed by atoms with E-state index in [4.69, 9.17) is 0 Å². The van der Waals surface area contributed by atoms with Gasteiger partial charge in [-0.15, -0.1) is 0 Å². The molecule has 2 rings (SSSR count).